The van der Waals surface area contributed by atoms with Gasteiger partial charge in [-0.3, -0.25) is 4.68 Å². The summed E-state index contributed by atoms with van der Waals surface area (Å²) in [7, 11) is 0. The Balaban J connectivity index is 1.51. The summed E-state index contributed by atoms with van der Waals surface area (Å²) in [5.41, 5.74) is 2.86. The van der Waals surface area contributed by atoms with Crippen LogP contribution in [0, 0.1) is 6.92 Å². The minimum absolute atomic E-state index is 0.526. The van der Waals surface area contributed by atoms with Crippen LogP contribution < -0.4 is 5.32 Å². The molecule has 1 aliphatic rings. The van der Waals surface area contributed by atoms with Crippen molar-refractivity contribution in [3.05, 3.63) is 36.5 Å². The highest BCUT2D eigenvalue weighted by atomic mass is 32.1. The second-order valence-electron chi connectivity index (χ2n) is 6.38. The van der Waals surface area contributed by atoms with Crippen molar-refractivity contribution in [1.29, 1.82) is 0 Å². The van der Waals surface area contributed by atoms with E-state index in [0.29, 0.717) is 6.04 Å². The largest absolute Gasteiger partial charge is 0.317 e. The molecule has 6 nitrogen and oxygen atoms in total. The van der Waals surface area contributed by atoms with E-state index in [9.17, 15) is 0 Å². The molecular weight excluding hydrogens is 320 g/mol. The predicted molar refractivity (Wildman–Crippen MR) is 95.5 cm³/mol. The molecule has 0 bridgehead atoms. The van der Waals surface area contributed by atoms with Gasteiger partial charge < -0.3 is 9.72 Å². The average Bonchev–Trinajstić information content (AvgIpc) is 3.26. The van der Waals surface area contributed by atoms with Crippen molar-refractivity contribution in [1.82, 2.24) is 29.5 Å². The molecule has 0 unspecified atom stereocenters. The van der Waals surface area contributed by atoms with Crippen LogP contribution in [0.5, 0.6) is 0 Å². The minimum atomic E-state index is 0.526. The second kappa shape index (κ2) is 5.39. The first kappa shape index (κ1) is 14.1. The molecule has 5 heterocycles. The van der Waals surface area contributed by atoms with Gasteiger partial charge in [0.15, 0.2) is 5.65 Å². The van der Waals surface area contributed by atoms with Gasteiger partial charge in [-0.05, 0) is 38.9 Å². The zero-order valence-corrected chi connectivity index (χ0v) is 14.3. The third-order valence-corrected chi connectivity index (χ3v) is 5.67. The molecule has 0 saturated carbocycles. The van der Waals surface area contributed by atoms with Crippen molar-refractivity contribution < 1.29 is 0 Å². The number of piperidine rings is 1. The van der Waals surface area contributed by atoms with Crippen molar-refractivity contribution in [2.45, 2.75) is 25.8 Å². The van der Waals surface area contributed by atoms with E-state index in [1.807, 2.05) is 29.9 Å². The SMILES string of the molecule is Cc1cn2cc(-c3cc4cn(C5CCNCC5)nc4s3)ncc2n1. The molecule has 7 heteroatoms. The number of imidazole rings is 1. The summed E-state index contributed by atoms with van der Waals surface area (Å²) < 4.78 is 4.19. The standard InChI is InChI=1S/C17H18N6S/c1-11-8-22-10-14(19-7-16(22)20-11)15-6-12-9-23(21-17(12)24-15)13-2-4-18-5-3-13/h6-10,13,18H,2-5H2,1H3. The van der Waals surface area contributed by atoms with Gasteiger partial charge in [0.25, 0.3) is 0 Å². The van der Waals surface area contributed by atoms with Gasteiger partial charge in [-0.1, -0.05) is 0 Å². The maximum absolute atomic E-state index is 4.81. The maximum Gasteiger partial charge on any atom is 0.155 e. The predicted octanol–water partition coefficient (Wildman–Crippen LogP) is 3.04. The molecule has 1 N–H and O–H groups in total. The first-order valence-corrected chi connectivity index (χ1v) is 9.09. The normalized spacial score (nSPS) is 16.4. The van der Waals surface area contributed by atoms with Gasteiger partial charge in [-0.25, -0.2) is 9.97 Å². The smallest absolute Gasteiger partial charge is 0.155 e. The monoisotopic (exact) mass is 338 g/mol. The quantitative estimate of drug-likeness (QED) is 0.610. The summed E-state index contributed by atoms with van der Waals surface area (Å²) in [5.74, 6) is 0. The van der Waals surface area contributed by atoms with Gasteiger partial charge in [0, 0.05) is 24.0 Å². The Hall–Kier alpha value is -2.25. The van der Waals surface area contributed by atoms with Crippen molar-refractivity contribution >= 4 is 27.2 Å². The number of rotatable bonds is 2. The number of aromatic nitrogens is 5. The van der Waals surface area contributed by atoms with Crippen LogP contribution in [0.1, 0.15) is 24.6 Å². The molecule has 0 spiro atoms. The van der Waals surface area contributed by atoms with Gasteiger partial charge in [0.05, 0.1) is 28.5 Å². The molecular formula is C17H18N6S. The van der Waals surface area contributed by atoms with Crippen molar-refractivity contribution in [3.8, 4) is 10.6 Å². The van der Waals surface area contributed by atoms with E-state index in [-0.39, 0.29) is 0 Å². The summed E-state index contributed by atoms with van der Waals surface area (Å²) in [5, 5.41) is 9.42. The van der Waals surface area contributed by atoms with E-state index < -0.39 is 0 Å². The van der Waals surface area contributed by atoms with Crippen LogP contribution in [0.25, 0.3) is 26.4 Å². The van der Waals surface area contributed by atoms with Crippen LogP contribution in [-0.2, 0) is 0 Å². The summed E-state index contributed by atoms with van der Waals surface area (Å²) in [6.07, 6.45) is 10.4. The van der Waals surface area contributed by atoms with Gasteiger partial charge in [0.2, 0.25) is 0 Å². The lowest BCUT2D eigenvalue weighted by Crippen LogP contribution is -2.29. The third-order valence-electron chi connectivity index (χ3n) is 4.61. The summed E-state index contributed by atoms with van der Waals surface area (Å²) in [4.78, 5) is 11.2. The lowest BCUT2D eigenvalue weighted by atomic mass is 10.1. The van der Waals surface area contributed by atoms with Crippen molar-refractivity contribution in [3.63, 3.8) is 0 Å². The molecule has 0 radical (unpaired) electrons. The Morgan fingerprint density at radius 2 is 2.08 bits per heavy atom. The molecule has 0 atom stereocenters. The molecule has 5 rings (SSSR count). The van der Waals surface area contributed by atoms with Gasteiger partial charge in [-0.15, -0.1) is 11.3 Å². The summed E-state index contributed by atoms with van der Waals surface area (Å²) in [6.45, 7) is 4.16. The molecule has 1 aliphatic heterocycles. The van der Waals surface area contributed by atoms with E-state index in [0.717, 1.165) is 52.7 Å². The fourth-order valence-corrected chi connectivity index (χ4v) is 4.35. The minimum Gasteiger partial charge on any atom is -0.317 e. The van der Waals surface area contributed by atoms with Gasteiger partial charge in [-0.2, -0.15) is 5.10 Å². The maximum atomic E-state index is 4.81. The Bertz CT molecular complexity index is 989. The van der Waals surface area contributed by atoms with Crippen LogP contribution in [0.2, 0.25) is 0 Å². The van der Waals surface area contributed by atoms with E-state index in [1.54, 1.807) is 11.3 Å². The molecule has 1 fully saturated rings. The second-order valence-corrected chi connectivity index (χ2v) is 7.41. The number of nitrogens with one attached hydrogen (secondary N) is 1. The zero-order chi connectivity index (χ0) is 16.1. The number of fused-ring (bicyclic) bond motifs is 2. The van der Waals surface area contributed by atoms with Crippen LogP contribution in [0.4, 0.5) is 0 Å². The van der Waals surface area contributed by atoms with E-state index in [2.05, 4.69) is 32.2 Å². The van der Waals surface area contributed by atoms with E-state index in [4.69, 9.17) is 5.10 Å². The zero-order valence-electron chi connectivity index (χ0n) is 13.4. The van der Waals surface area contributed by atoms with Crippen molar-refractivity contribution in [2.75, 3.05) is 13.1 Å². The average molecular weight is 338 g/mol. The topological polar surface area (TPSA) is 60.0 Å². The fourth-order valence-electron chi connectivity index (χ4n) is 3.38. The number of aryl methyl sites for hydroxylation is 1. The highest BCUT2D eigenvalue weighted by Crippen LogP contribution is 2.33. The highest BCUT2D eigenvalue weighted by molar-refractivity contribution is 7.21. The molecule has 0 aromatic carbocycles. The molecule has 4 aromatic heterocycles. The van der Waals surface area contributed by atoms with Gasteiger partial charge >= 0.3 is 0 Å². The number of thiophene rings is 1. The highest BCUT2D eigenvalue weighted by Gasteiger charge is 2.17. The third kappa shape index (κ3) is 2.32. The molecule has 0 amide bonds. The molecule has 122 valence electrons. The Morgan fingerprint density at radius 1 is 1.21 bits per heavy atom. The number of hydrogen-bond acceptors (Lipinski definition) is 5. The fraction of sp³-hybridized carbons (Fsp3) is 0.353. The van der Waals surface area contributed by atoms with Crippen LogP contribution >= 0.6 is 11.3 Å². The van der Waals surface area contributed by atoms with Crippen LogP contribution in [0.15, 0.2) is 30.9 Å². The number of nitrogens with zero attached hydrogens (tertiary/aromatic N) is 5. The molecule has 0 aliphatic carbocycles. The lowest BCUT2D eigenvalue weighted by molar-refractivity contribution is 0.345. The first-order chi connectivity index (χ1) is 11.8. The summed E-state index contributed by atoms with van der Waals surface area (Å²) in [6, 6.07) is 2.72. The Morgan fingerprint density at radius 3 is 2.92 bits per heavy atom. The molecule has 4 aromatic rings. The number of hydrogen-bond donors (Lipinski definition) is 1. The Labute approximate surface area is 143 Å². The Kier molecular flexibility index (Phi) is 3.17. The molecule has 1 saturated heterocycles. The summed E-state index contributed by atoms with van der Waals surface area (Å²) >= 11 is 1.71. The van der Waals surface area contributed by atoms with Crippen LogP contribution in [-0.4, -0.2) is 37.2 Å². The first-order valence-electron chi connectivity index (χ1n) is 8.27. The van der Waals surface area contributed by atoms with Crippen molar-refractivity contribution in [2.24, 2.45) is 0 Å². The lowest BCUT2D eigenvalue weighted by Gasteiger charge is -2.22. The van der Waals surface area contributed by atoms with Gasteiger partial charge in [0.1, 0.15) is 4.83 Å². The van der Waals surface area contributed by atoms with E-state index >= 15 is 0 Å². The molecule has 24 heavy (non-hydrogen) atoms. The van der Waals surface area contributed by atoms with E-state index in [1.165, 1.54) is 5.39 Å². The van der Waals surface area contributed by atoms with Crippen LogP contribution in [0.3, 0.4) is 0 Å².